The van der Waals surface area contributed by atoms with Crippen molar-refractivity contribution >= 4 is 28.5 Å². The van der Waals surface area contributed by atoms with Crippen LogP contribution in [-0.2, 0) is 0 Å². The van der Waals surface area contributed by atoms with Crippen LogP contribution in [-0.4, -0.2) is 17.3 Å². The molecule has 0 aliphatic rings. The monoisotopic (exact) mass is 209 g/mol. The van der Waals surface area contributed by atoms with Gasteiger partial charge >= 0.3 is 0 Å². The van der Waals surface area contributed by atoms with Crippen LogP contribution in [0.15, 0.2) is 27.8 Å². The number of benzene rings is 1. The van der Waals surface area contributed by atoms with Crippen molar-refractivity contribution in [3.8, 4) is 0 Å². The Morgan fingerprint density at radius 2 is 2.29 bits per heavy atom. The number of nitrogens with zero attached hydrogens (tertiary/aromatic N) is 1. The number of fused-ring (bicyclic) bond motifs is 1. The molecule has 0 amide bonds. The van der Waals surface area contributed by atoms with Crippen LogP contribution < -0.4 is 11.5 Å². The Morgan fingerprint density at radius 1 is 1.43 bits per heavy atom. The first kappa shape index (κ1) is 9.36. The number of hydrogen-bond acceptors (Lipinski definition) is 5. The Balaban J connectivity index is 2.32. The molecule has 0 unspecified atom stereocenters. The van der Waals surface area contributed by atoms with Crippen LogP contribution in [0.25, 0.3) is 11.1 Å². The molecule has 1 aromatic carbocycles. The number of thioether (sulfide) groups is 1. The topological polar surface area (TPSA) is 78.1 Å². The van der Waals surface area contributed by atoms with Gasteiger partial charge in [-0.3, -0.25) is 0 Å². The Hall–Kier alpha value is -1.20. The highest BCUT2D eigenvalue weighted by Gasteiger charge is 2.05. The first-order valence-corrected chi connectivity index (χ1v) is 5.27. The molecule has 1 heterocycles. The Morgan fingerprint density at radius 3 is 3.07 bits per heavy atom. The van der Waals surface area contributed by atoms with E-state index in [-0.39, 0.29) is 0 Å². The van der Waals surface area contributed by atoms with E-state index in [0.29, 0.717) is 17.5 Å². The number of anilines is 1. The standard InChI is InChI=1S/C9H11N3OS/c10-3-4-14-9-12-7-2-1-6(11)5-8(7)13-9/h1-2,5H,3-4,10-11H2. The maximum Gasteiger partial charge on any atom is 0.256 e. The van der Waals surface area contributed by atoms with Crippen molar-refractivity contribution in [3.63, 3.8) is 0 Å². The summed E-state index contributed by atoms with van der Waals surface area (Å²) in [5, 5.41) is 0.649. The van der Waals surface area contributed by atoms with E-state index >= 15 is 0 Å². The van der Waals surface area contributed by atoms with Crippen molar-refractivity contribution in [2.75, 3.05) is 18.0 Å². The molecule has 5 heteroatoms. The zero-order valence-electron chi connectivity index (χ0n) is 7.56. The van der Waals surface area contributed by atoms with Gasteiger partial charge in [0.05, 0.1) is 0 Å². The van der Waals surface area contributed by atoms with Gasteiger partial charge in [-0.05, 0) is 12.1 Å². The molecule has 4 N–H and O–H groups in total. The van der Waals surface area contributed by atoms with Gasteiger partial charge in [0, 0.05) is 24.1 Å². The Kier molecular flexibility index (Phi) is 2.60. The minimum absolute atomic E-state index is 0.617. The highest BCUT2D eigenvalue weighted by Crippen LogP contribution is 2.24. The summed E-state index contributed by atoms with van der Waals surface area (Å²) in [6.07, 6.45) is 0. The first-order valence-electron chi connectivity index (χ1n) is 4.28. The quantitative estimate of drug-likeness (QED) is 0.591. The Labute approximate surface area is 85.7 Å². The Bertz CT molecular complexity index is 441. The molecule has 0 aliphatic carbocycles. The number of aromatic nitrogens is 1. The van der Waals surface area contributed by atoms with Crippen molar-refractivity contribution < 1.29 is 4.42 Å². The average molecular weight is 209 g/mol. The fourth-order valence-electron chi connectivity index (χ4n) is 1.13. The third kappa shape index (κ3) is 1.83. The van der Waals surface area contributed by atoms with Crippen molar-refractivity contribution in [1.29, 1.82) is 0 Å². The van der Waals surface area contributed by atoms with Gasteiger partial charge in [-0.15, -0.1) is 0 Å². The molecule has 4 nitrogen and oxygen atoms in total. The molecule has 0 radical (unpaired) electrons. The third-order valence-corrected chi connectivity index (χ3v) is 2.60. The lowest BCUT2D eigenvalue weighted by Gasteiger charge is -1.89. The van der Waals surface area contributed by atoms with E-state index in [1.54, 1.807) is 6.07 Å². The zero-order valence-corrected chi connectivity index (χ0v) is 8.38. The van der Waals surface area contributed by atoms with Crippen LogP contribution in [0.2, 0.25) is 0 Å². The van der Waals surface area contributed by atoms with Gasteiger partial charge in [-0.2, -0.15) is 0 Å². The smallest absolute Gasteiger partial charge is 0.256 e. The number of oxazole rings is 1. The molecule has 0 saturated heterocycles. The molecule has 1 aromatic heterocycles. The van der Waals surface area contributed by atoms with Crippen LogP contribution in [0.5, 0.6) is 0 Å². The van der Waals surface area contributed by atoms with Crippen LogP contribution in [0, 0.1) is 0 Å². The maximum absolute atomic E-state index is 5.62. The second-order valence-corrected chi connectivity index (χ2v) is 3.89. The summed E-state index contributed by atoms with van der Waals surface area (Å²) in [5.41, 5.74) is 13.2. The second kappa shape index (κ2) is 3.89. The molecule has 0 fully saturated rings. The van der Waals surface area contributed by atoms with E-state index in [1.165, 1.54) is 11.8 Å². The summed E-state index contributed by atoms with van der Waals surface area (Å²) in [5.74, 6) is 0.808. The number of nitrogen functional groups attached to an aromatic ring is 1. The van der Waals surface area contributed by atoms with Crippen LogP contribution in [0.4, 0.5) is 5.69 Å². The van der Waals surface area contributed by atoms with Crippen LogP contribution in [0.1, 0.15) is 0 Å². The second-order valence-electron chi connectivity index (χ2n) is 2.84. The van der Waals surface area contributed by atoms with Gasteiger partial charge in [-0.25, -0.2) is 4.98 Å². The lowest BCUT2D eigenvalue weighted by Crippen LogP contribution is -2.00. The largest absolute Gasteiger partial charge is 0.431 e. The maximum atomic E-state index is 5.62. The van der Waals surface area contributed by atoms with Gasteiger partial charge in [0.2, 0.25) is 0 Å². The van der Waals surface area contributed by atoms with Crippen molar-refractivity contribution in [1.82, 2.24) is 4.98 Å². The summed E-state index contributed by atoms with van der Waals surface area (Å²) >= 11 is 1.51. The fraction of sp³-hybridized carbons (Fsp3) is 0.222. The van der Waals surface area contributed by atoms with Gasteiger partial charge in [0.25, 0.3) is 5.22 Å². The van der Waals surface area contributed by atoms with Crippen molar-refractivity contribution in [3.05, 3.63) is 18.2 Å². The van der Waals surface area contributed by atoms with E-state index < -0.39 is 0 Å². The predicted octanol–water partition coefficient (Wildman–Crippen LogP) is 1.46. The van der Waals surface area contributed by atoms with E-state index in [0.717, 1.165) is 16.9 Å². The summed E-state index contributed by atoms with van der Waals surface area (Å²) in [6.45, 7) is 0.617. The minimum atomic E-state index is 0.617. The lowest BCUT2D eigenvalue weighted by molar-refractivity contribution is 0.489. The molecule has 2 aromatic rings. The van der Waals surface area contributed by atoms with E-state index in [9.17, 15) is 0 Å². The van der Waals surface area contributed by atoms with E-state index in [2.05, 4.69) is 4.98 Å². The highest BCUT2D eigenvalue weighted by atomic mass is 32.2. The first-order chi connectivity index (χ1) is 6.79. The number of rotatable bonds is 3. The van der Waals surface area contributed by atoms with Gasteiger partial charge in [-0.1, -0.05) is 11.8 Å². The molecule has 2 rings (SSSR count). The zero-order chi connectivity index (χ0) is 9.97. The molecule has 0 aliphatic heterocycles. The van der Waals surface area contributed by atoms with Gasteiger partial charge < -0.3 is 15.9 Å². The fourth-order valence-corrected chi connectivity index (χ4v) is 1.73. The van der Waals surface area contributed by atoms with Gasteiger partial charge in [0.1, 0.15) is 5.52 Å². The normalized spacial score (nSPS) is 10.9. The van der Waals surface area contributed by atoms with Crippen LogP contribution >= 0.6 is 11.8 Å². The van der Waals surface area contributed by atoms with Crippen molar-refractivity contribution in [2.24, 2.45) is 5.73 Å². The summed E-state index contributed by atoms with van der Waals surface area (Å²) in [7, 11) is 0. The summed E-state index contributed by atoms with van der Waals surface area (Å²) in [6, 6.07) is 5.43. The molecule has 0 atom stereocenters. The van der Waals surface area contributed by atoms with Crippen molar-refractivity contribution in [2.45, 2.75) is 5.22 Å². The van der Waals surface area contributed by atoms with E-state index in [4.69, 9.17) is 15.9 Å². The number of nitrogens with two attached hydrogens (primary N) is 2. The average Bonchev–Trinajstić information content (AvgIpc) is 2.56. The molecule has 0 bridgehead atoms. The minimum Gasteiger partial charge on any atom is -0.431 e. The molecule has 0 saturated carbocycles. The van der Waals surface area contributed by atoms with Crippen LogP contribution in [0.3, 0.4) is 0 Å². The molecule has 0 spiro atoms. The third-order valence-electron chi connectivity index (χ3n) is 1.74. The highest BCUT2D eigenvalue weighted by molar-refractivity contribution is 7.99. The molecular formula is C9H11N3OS. The summed E-state index contributed by atoms with van der Waals surface area (Å²) in [4.78, 5) is 4.28. The molecule has 74 valence electrons. The summed E-state index contributed by atoms with van der Waals surface area (Å²) < 4.78 is 5.47. The van der Waals surface area contributed by atoms with Gasteiger partial charge in [0.15, 0.2) is 5.58 Å². The SMILES string of the molecule is NCCSc1nc2ccc(N)cc2o1. The number of hydrogen-bond donors (Lipinski definition) is 2. The molecular weight excluding hydrogens is 198 g/mol. The predicted molar refractivity (Wildman–Crippen MR) is 58.2 cm³/mol. The van der Waals surface area contributed by atoms with E-state index in [1.807, 2.05) is 12.1 Å². The lowest BCUT2D eigenvalue weighted by atomic mass is 10.3. The molecule has 14 heavy (non-hydrogen) atoms.